The van der Waals surface area contributed by atoms with Crippen LogP contribution >= 0.6 is 0 Å². The number of hydrogen-bond donors (Lipinski definition) is 1. The first-order chi connectivity index (χ1) is 17.8. The van der Waals surface area contributed by atoms with E-state index >= 15 is 0 Å². The van der Waals surface area contributed by atoms with Gasteiger partial charge in [-0.3, -0.25) is 4.79 Å². The highest BCUT2D eigenvalue weighted by Crippen LogP contribution is 2.53. The van der Waals surface area contributed by atoms with Gasteiger partial charge in [-0.2, -0.15) is 8.61 Å². The maximum absolute atomic E-state index is 13.5. The Hall–Kier alpha value is -2.31. The second kappa shape index (κ2) is 9.71. The maximum atomic E-state index is 13.5. The molecule has 2 saturated heterocycles. The summed E-state index contributed by atoms with van der Waals surface area (Å²) in [5.74, 6) is -0.457. The van der Waals surface area contributed by atoms with Crippen molar-refractivity contribution >= 4 is 31.6 Å². The molecule has 1 aliphatic carbocycles. The summed E-state index contributed by atoms with van der Waals surface area (Å²) in [6.45, 7) is 8.34. The van der Waals surface area contributed by atoms with Gasteiger partial charge in [0.1, 0.15) is 0 Å². The molecule has 38 heavy (non-hydrogen) atoms. The molecule has 0 unspecified atom stereocenters. The van der Waals surface area contributed by atoms with Gasteiger partial charge in [-0.1, -0.05) is 26.8 Å². The molecule has 1 amide bonds. The lowest BCUT2D eigenvalue weighted by Crippen LogP contribution is -2.40. The van der Waals surface area contributed by atoms with E-state index in [1.165, 1.54) is 40.7 Å². The number of hydrogen-bond acceptors (Lipinski definition) is 6. The number of amides is 1. The van der Waals surface area contributed by atoms with Crippen molar-refractivity contribution in [2.24, 2.45) is 10.8 Å². The Labute approximate surface area is 225 Å². The van der Waals surface area contributed by atoms with E-state index in [-0.39, 0.29) is 45.3 Å². The third-order valence-corrected chi connectivity index (χ3v) is 11.6. The molecule has 3 fully saturated rings. The Balaban J connectivity index is 1.30. The lowest BCUT2D eigenvalue weighted by atomic mass is 9.65. The average molecular weight is 562 g/mol. The fraction of sp³-hybridized carbons (Fsp3) is 0.519. The van der Waals surface area contributed by atoms with Crippen LogP contribution in [0.5, 0.6) is 0 Å². The topological polar surface area (TPSA) is 113 Å². The largest absolute Gasteiger partial charge is 0.379 e. The predicted octanol–water partition coefficient (Wildman–Crippen LogP) is 3.55. The number of carbonyl (C=O) groups excluding carboxylic acids is 1. The second-order valence-electron chi connectivity index (χ2n) is 11.8. The molecule has 0 radical (unpaired) electrons. The summed E-state index contributed by atoms with van der Waals surface area (Å²) < 4.78 is 61.2. The van der Waals surface area contributed by atoms with Gasteiger partial charge in [0, 0.05) is 36.9 Å². The normalized spacial score (nSPS) is 26.2. The van der Waals surface area contributed by atoms with E-state index in [1.807, 2.05) is 0 Å². The van der Waals surface area contributed by atoms with E-state index in [0.29, 0.717) is 25.4 Å². The number of nitrogens with one attached hydrogen (secondary N) is 1. The number of benzene rings is 2. The highest BCUT2D eigenvalue weighted by Gasteiger charge is 2.53. The Bertz CT molecular complexity index is 1430. The van der Waals surface area contributed by atoms with Crippen molar-refractivity contribution in [3.63, 3.8) is 0 Å². The Morgan fingerprint density at radius 3 is 2.29 bits per heavy atom. The molecule has 2 aliphatic heterocycles. The molecule has 9 nitrogen and oxygen atoms in total. The van der Waals surface area contributed by atoms with Crippen LogP contribution in [-0.2, 0) is 24.8 Å². The highest BCUT2D eigenvalue weighted by atomic mass is 32.2. The van der Waals surface area contributed by atoms with Crippen LogP contribution in [0.3, 0.4) is 0 Å². The molecule has 2 aromatic rings. The van der Waals surface area contributed by atoms with Crippen LogP contribution in [0.15, 0.2) is 58.3 Å². The van der Waals surface area contributed by atoms with E-state index in [2.05, 4.69) is 26.1 Å². The Morgan fingerprint density at radius 2 is 1.61 bits per heavy atom. The van der Waals surface area contributed by atoms with E-state index in [9.17, 15) is 21.6 Å². The van der Waals surface area contributed by atoms with Gasteiger partial charge in [0.15, 0.2) is 0 Å². The van der Waals surface area contributed by atoms with Crippen molar-refractivity contribution in [1.29, 1.82) is 0 Å². The minimum Gasteiger partial charge on any atom is -0.379 e. The van der Waals surface area contributed by atoms with E-state index in [1.54, 1.807) is 16.4 Å². The summed E-state index contributed by atoms with van der Waals surface area (Å²) in [6.07, 6.45) is 2.70. The number of anilines is 1. The van der Waals surface area contributed by atoms with Crippen LogP contribution in [0.2, 0.25) is 0 Å². The highest BCUT2D eigenvalue weighted by molar-refractivity contribution is 7.89. The molecule has 11 heteroatoms. The summed E-state index contributed by atoms with van der Waals surface area (Å²) in [6, 6.07) is 12.0. The van der Waals surface area contributed by atoms with Crippen molar-refractivity contribution in [1.82, 2.24) is 8.61 Å². The maximum Gasteiger partial charge on any atom is 0.255 e. The SMILES string of the molecule is CC1(C)C[C@H]2C[C@@](C)(CN2S(=O)(=O)c2ccc(C(=O)Nc3cccc(S(=O)(=O)N4CCOCC4)c3)cc2)C1. The number of nitrogens with zero attached hydrogens (tertiary/aromatic N) is 2. The van der Waals surface area contributed by atoms with Crippen LogP contribution < -0.4 is 5.32 Å². The minimum absolute atomic E-state index is 0.0160. The fourth-order valence-electron chi connectivity index (χ4n) is 6.48. The van der Waals surface area contributed by atoms with Crippen molar-refractivity contribution in [2.75, 3.05) is 38.2 Å². The molecule has 2 bridgehead atoms. The van der Waals surface area contributed by atoms with Gasteiger partial charge in [0.2, 0.25) is 20.0 Å². The van der Waals surface area contributed by atoms with Crippen LogP contribution in [0.4, 0.5) is 5.69 Å². The van der Waals surface area contributed by atoms with E-state index < -0.39 is 26.0 Å². The van der Waals surface area contributed by atoms with Crippen molar-refractivity contribution in [3.8, 4) is 0 Å². The molecule has 1 N–H and O–H groups in total. The standard InChI is InChI=1S/C27H35N3O6S2/c1-26(2)16-22-17-27(3,18-26)19-30(22)38(34,35)23-9-7-20(8-10-23)25(31)28-21-5-4-6-24(15-21)37(32,33)29-11-13-36-14-12-29/h4-10,15,22H,11-14,16-19H2,1-3H3,(H,28,31)/t22-,27+/m0/s1. The van der Waals surface area contributed by atoms with Crippen LogP contribution in [-0.4, -0.2) is 70.2 Å². The molecule has 2 atom stereocenters. The Morgan fingerprint density at radius 1 is 0.921 bits per heavy atom. The zero-order chi connectivity index (χ0) is 27.3. The molecule has 2 heterocycles. The first kappa shape index (κ1) is 27.3. The quantitative estimate of drug-likeness (QED) is 0.577. The smallest absolute Gasteiger partial charge is 0.255 e. The van der Waals surface area contributed by atoms with E-state index in [4.69, 9.17) is 4.74 Å². The van der Waals surface area contributed by atoms with Gasteiger partial charge in [-0.05, 0) is 72.6 Å². The number of morpholine rings is 1. The molecule has 0 aromatic heterocycles. The first-order valence-corrected chi connectivity index (χ1v) is 15.8. The van der Waals surface area contributed by atoms with Gasteiger partial charge in [-0.15, -0.1) is 0 Å². The zero-order valence-electron chi connectivity index (χ0n) is 22.0. The van der Waals surface area contributed by atoms with Crippen molar-refractivity contribution in [2.45, 2.75) is 55.9 Å². The number of ether oxygens (including phenoxy) is 1. The van der Waals surface area contributed by atoms with Gasteiger partial charge in [0.05, 0.1) is 23.0 Å². The average Bonchev–Trinajstić information content (AvgIpc) is 3.14. The third-order valence-electron chi connectivity index (χ3n) is 7.79. The lowest BCUT2D eigenvalue weighted by molar-refractivity contribution is 0.0730. The molecule has 206 valence electrons. The molecular weight excluding hydrogens is 526 g/mol. The number of rotatable bonds is 6. The Kier molecular flexibility index (Phi) is 6.96. The molecule has 3 aliphatic rings. The molecule has 1 saturated carbocycles. The molecular formula is C27H35N3O6S2. The summed E-state index contributed by atoms with van der Waals surface area (Å²) in [5.41, 5.74) is 0.686. The molecule has 5 rings (SSSR count). The first-order valence-electron chi connectivity index (χ1n) is 12.9. The van der Waals surface area contributed by atoms with Crippen LogP contribution in [0.1, 0.15) is 50.4 Å². The number of carbonyl (C=O) groups is 1. The lowest BCUT2D eigenvalue weighted by Gasteiger charge is -2.39. The second-order valence-corrected chi connectivity index (χ2v) is 15.6. The van der Waals surface area contributed by atoms with Crippen LogP contribution in [0, 0.1) is 10.8 Å². The summed E-state index contributed by atoms with van der Waals surface area (Å²) >= 11 is 0. The van der Waals surface area contributed by atoms with Crippen LogP contribution in [0.25, 0.3) is 0 Å². The third kappa shape index (κ3) is 5.27. The van der Waals surface area contributed by atoms with Crippen molar-refractivity contribution < 1.29 is 26.4 Å². The van der Waals surface area contributed by atoms with Gasteiger partial charge < -0.3 is 10.1 Å². The summed E-state index contributed by atoms with van der Waals surface area (Å²) in [4.78, 5) is 13.2. The number of fused-ring (bicyclic) bond motifs is 2. The minimum atomic E-state index is -3.70. The zero-order valence-corrected chi connectivity index (χ0v) is 23.6. The van der Waals surface area contributed by atoms with Gasteiger partial charge in [-0.25, -0.2) is 16.8 Å². The van der Waals surface area contributed by atoms with Gasteiger partial charge in [0.25, 0.3) is 5.91 Å². The van der Waals surface area contributed by atoms with Crippen molar-refractivity contribution in [3.05, 3.63) is 54.1 Å². The monoisotopic (exact) mass is 561 g/mol. The number of sulfonamides is 2. The van der Waals surface area contributed by atoms with E-state index in [0.717, 1.165) is 19.3 Å². The fourth-order valence-corrected chi connectivity index (χ4v) is 9.70. The predicted molar refractivity (Wildman–Crippen MR) is 144 cm³/mol. The van der Waals surface area contributed by atoms with Gasteiger partial charge >= 0.3 is 0 Å². The summed E-state index contributed by atoms with van der Waals surface area (Å²) in [7, 11) is -7.40. The molecule has 0 spiro atoms. The molecule has 2 aromatic carbocycles. The summed E-state index contributed by atoms with van der Waals surface area (Å²) in [5, 5.41) is 2.72.